The highest BCUT2D eigenvalue weighted by molar-refractivity contribution is 6.07. The van der Waals surface area contributed by atoms with E-state index in [1.165, 1.54) is 74.6 Å². The summed E-state index contributed by atoms with van der Waals surface area (Å²) in [6.07, 6.45) is 12.0. The van der Waals surface area contributed by atoms with Gasteiger partial charge in [0.1, 0.15) is 27.9 Å². The Labute approximate surface area is 310 Å². The highest BCUT2D eigenvalue weighted by Gasteiger charge is 2.68. The third-order valence-electron chi connectivity index (χ3n) is 15.4. The van der Waals surface area contributed by atoms with E-state index in [9.17, 15) is 0 Å². The van der Waals surface area contributed by atoms with Gasteiger partial charge in [-0.25, -0.2) is 0 Å². The molecule has 0 radical (unpaired) electrons. The second-order valence-corrected chi connectivity index (χ2v) is 18.3. The summed E-state index contributed by atoms with van der Waals surface area (Å²) in [6.45, 7) is 2.49. The van der Waals surface area contributed by atoms with Crippen LogP contribution in [0, 0.1) is 41.4 Å². The van der Waals surface area contributed by atoms with Crippen molar-refractivity contribution in [2.45, 2.75) is 75.9 Å². The number of benzene rings is 5. The quantitative estimate of drug-likeness (QED) is 0.184. The van der Waals surface area contributed by atoms with Gasteiger partial charge in [0.2, 0.25) is 0 Å². The normalized spacial score (nSPS) is 33.7. The third kappa shape index (κ3) is 3.96. The maximum absolute atomic E-state index is 8.09. The molecule has 4 unspecified atom stereocenters. The van der Waals surface area contributed by atoms with E-state index in [4.69, 9.17) is 13.6 Å². The van der Waals surface area contributed by atoms with Crippen molar-refractivity contribution in [3.8, 4) is 0 Å². The molecule has 5 aromatic carbocycles. The van der Waals surface area contributed by atoms with Crippen molar-refractivity contribution in [2.24, 2.45) is 41.4 Å². The van der Waals surface area contributed by atoms with Crippen molar-refractivity contribution in [1.82, 2.24) is 0 Å². The van der Waals surface area contributed by atoms with Crippen LogP contribution in [0.3, 0.4) is 0 Å². The molecule has 0 N–H and O–H groups in total. The van der Waals surface area contributed by atoms with Crippen molar-refractivity contribution < 1.29 is 13.6 Å². The molecule has 264 valence electrons. The fourth-order valence-electron chi connectivity index (χ4n) is 13.8. The summed E-state index contributed by atoms with van der Waals surface area (Å²) in [6, 6.07) is 37.8. The molecule has 4 atom stereocenters. The topological polar surface area (TPSA) is 38.8 Å². The van der Waals surface area contributed by atoms with E-state index in [-0.39, 0.29) is 11.2 Å². The number of furan rings is 2. The van der Waals surface area contributed by atoms with Crippen LogP contribution in [-0.2, 0) is 15.9 Å². The van der Waals surface area contributed by atoms with Crippen LogP contribution in [0.2, 0.25) is 0 Å². The monoisotopic (exact) mass is 695 g/mol. The van der Waals surface area contributed by atoms with Gasteiger partial charge in [-0.3, -0.25) is 0 Å². The van der Waals surface area contributed by atoms with E-state index in [1.54, 1.807) is 0 Å². The summed E-state index contributed by atoms with van der Waals surface area (Å²) in [5, 5.41) is 4.61. The van der Waals surface area contributed by atoms with Gasteiger partial charge in [-0.1, -0.05) is 49.4 Å². The first-order valence-electron chi connectivity index (χ1n) is 20.5. The zero-order valence-corrected chi connectivity index (χ0v) is 30.4. The van der Waals surface area contributed by atoms with Crippen LogP contribution in [0.15, 0.2) is 112 Å². The van der Waals surface area contributed by atoms with Crippen molar-refractivity contribution in [2.75, 3.05) is 4.90 Å². The molecule has 6 bridgehead atoms. The van der Waals surface area contributed by atoms with Gasteiger partial charge in [0.15, 0.2) is 0 Å². The average Bonchev–Trinajstić information content (AvgIpc) is 3.88. The molecule has 2 spiro atoms. The highest BCUT2D eigenvalue weighted by Crippen LogP contribution is 2.72. The van der Waals surface area contributed by atoms with Gasteiger partial charge in [-0.05, 0) is 159 Å². The van der Waals surface area contributed by atoms with E-state index in [0.29, 0.717) is 17.8 Å². The number of para-hydroxylation sites is 2. The van der Waals surface area contributed by atoms with E-state index in [2.05, 4.69) is 115 Å². The van der Waals surface area contributed by atoms with Gasteiger partial charge in [0, 0.05) is 50.7 Å². The maximum atomic E-state index is 8.09. The van der Waals surface area contributed by atoms with Crippen LogP contribution in [0.25, 0.3) is 43.9 Å². The predicted molar refractivity (Wildman–Crippen MR) is 212 cm³/mol. The number of fused-ring (bicyclic) bond motifs is 11. The van der Waals surface area contributed by atoms with Crippen LogP contribution in [0.5, 0.6) is 0 Å². The fraction of sp³-hybridized carbons (Fsp3) is 0.388. The van der Waals surface area contributed by atoms with Gasteiger partial charge in [0.25, 0.3) is 0 Å². The Morgan fingerprint density at radius 3 is 1.68 bits per heavy atom. The number of anilines is 3. The average molecular weight is 696 g/mol. The Balaban J connectivity index is 1.03. The van der Waals surface area contributed by atoms with Crippen molar-refractivity contribution >= 4 is 60.9 Å². The van der Waals surface area contributed by atoms with Gasteiger partial charge in [0.05, 0.1) is 5.60 Å². The van der Waals surface area contributed by atoms with Crippen molar-refractivity contribution in [3.05, 3.63) is 114 Å². The van der Waals surface area contributed by atoms with Crippen LogP contribution in [0.1, 0.15) is 75.8 Å². The summed E-state index contributed by atoms with van der Waals surface area (Å²) in [5.74, 6) is 5.22. The fourth-order valence-corrected chi connectivity index (χ4v) is 13.8. The summed E-state index contributed by atoms with van der Waals surface area (Å²) in [4.78, 5) is 2.45. The minimum atomic E-state index is -0.170. The number of rotatable bonds is 3. The molecular weight excluding hydrogens is 651 g/mol. The first-order chi connectivity index (χ1) is 26.0. The second-order valence-electron chi connectivity index (χ2n) is 18.3. The smallest absolute Gasteiger partial charge is 0.137 e. The van der Waals surface area contributed by atoms with Crippen molar-refractivity contribution in [1.29, 1.82) is 0 Å². The number of hydrogen-bond donors (Lipinski definition) is 0. The first-order valence-corrected chi connectivity index (χ1v) is 20.5. The van der Waals surface area contributed by atoms with E-state index >= 15 is 0 Å². The molecule has 1 aliphatic heterocycles. The molecule has 4 heteroatoms. The van der Waals surface area contributed by atoms with Gasteiger partial charge >= 0.3 is 0 Å². The third-order valence-corrected chi connectivity index (χ3v) is 15.4. The number of hydrogen-bond acceptors (Lipinski definition) is 4. The summed E-state index contributed by atoms with van der Waals surface area (Å²) in [5.41, 5.74) is 9.80. The lowest BCUT2D eigenvalue weighted by molar-refractivity contribution is -0.260. The molecule has 7 aromatic rings. The Hall–Kier alpha value is -4.54. The minimum Gasteiger partial charge on any atom is -0.456 e. The molecule has 2 aromatic heterocycles. The maximum Gasteiger partial charge on any atom is 0.137 e. The second kappa shape index (κ2) is 10.4. The molecule has 14 rings (SSSR count). The highest BCUT2D eigenvalue weighted by atomic mass is 16.5. The molecule has 7 aliphatic rings. The molecule has 0 amide bonds. The lowest BCUT2D eigenvalue weighted by atomic mass is 9.48. The Morgan fingerprint density at radius 2 is 1.04 bits per heavy atom. The van der Waals surface area contributed by atoms with Crippen molar-refractivity contribution in [3.63, 3.8) is 0 Å². The van der Waals surface area contributed by atoms with Crippen LogP contribution < -0.4 is 4.90 Å². The largest absolute Gasteiger partial charge is 0.456 e. The van der Waals surface area contributed by atoms with E-state index in [0.717, 1.165) is 78.9 Å². The summed E-state index contributed by atoms with van der Waals surface area (Å²) in [7, 11) is 0. The SMILES string of the molecule is CC1CC2CC(C1)C1(C2)OC2(c3cc(N(c4ccc5c(c4)oc4ccccc45)c4ccc5c(c4)oc4ccccc45)ccc31)C1CC3CC(C1)CC2C3. The van der Waals surface area contributed by atoms with Gasteiger partial charge in [-0.15, -0.1) is 0 Å². The minimum absolute atomic E-state index is 0.135. The van der Waals surface area contributed by atoms with Gasteiger partial charge < -0.3 is 18.5 Å². The molecule has 6 aliphatic carbocycles. The molecule has 53 heavy (non-hydrogen) atoms. The number of ether oxygens (including phenoxy) is 1. The number of nitrogens with zero attached hydrogens (tertiary/aromatic N) is 1. The molecule has 0 saturated heterocycles. The molecule has 3 heterocycles. The lowest BCUT2D eigenvalue weighted by Crippen LogP contribution is -2.56. The zero-order chi connectivity index (χ0) is 34.6. The first kappa shape index (κ1) is 29.9. The summed E-state index contributed by atoms with van der Waals surface area (Å²) >= 11 is 0. The van der Waals surface area contributed by atoms with Crippen LogP contribution in [0.4, 0.5) is 17.1 Å². The predicted octanol–water partition coefficient (Wildman–Crippen LogP) is 13.3. The standard InChI is InChI=1S/C49H45NO3/c1-28-16-31-23-32(17-28)48(27-31)42-15-12-35(24-43(42)49(53-48)33-19-29-18-30(21-33)22-34(49)20-29)50(36-10-13-40-38-6-2-4-8-44(38)51-46(40)25-36)37-11-14-41-39-7-3-5-9-45(39)52-47(41)26-37/h2-15,24-26,28-34H,16-23,27H2,1H3. The van der Waals surface area contributed by atoms with Crippen LogP contribution >= 0.6 is 0 Å². The van der Waals surface area contributed by atoms with E-state index in [1.807, 2.05) is 0 Å². The Bertz CT molecular complexity index is 2500. The lowest BCUT2D eigenvalue weighted by Gasteiger charge is -2.60. The van der Waals surface area contributed by atoms with E-state index < -0.39 is 0 Å². The zero-order valence-electron chi connectivity index (χ0n) is 30.4. The van der Waals surface area contributed by atoms with Crippen LogP contribution in [-0.4, -0.2) is 0 Å². The Morgan fingerprint density at radius 1 is 0.491 bits per heavy atom. The molecular formula is C49H45NO3. The Kier molecular flexibility index (Phi) is 5.83. The molecule has 6 saturated carbocycles. The molecule has 4 nitrogen and oxygen atoms in total. The molecule has 6 fully saturated rings. The van der Waals surface area contributed by atoms with Gasteiger partial charge in [-0.2, -0.15) is 0 Å². The summed E-state index contributed by atoms with van der Waals surface area (Å²) < 4.78 is 21.1.